The van der Waals surface area contributed by atoms with Crippen molar-refractivity contribution in [2.75, 3.05) is 11.9 Å². The number of hydrogen-bond donors (Lipinski definition) is 3. The Bertz CT molecular complexity index is 428. The minimum absolute atomic E-state index is 0.0378. The van der Waals surface area contributed by atoms with Crippen molar-refractivity contribution in [3.8, 4) is 0 Å². The van der Waals surface area contributed by atoms with Gasteiger partial charge in [0.2, 0.25) is 0 Å². The third-order valence-electron chi connectivity index (χ3n) is 3.05. The number of aliphatic hydroxyl groups is 1. The van der Waals surface area contributed by atoms with Crippen molar-refractivity contribution >= 4 is 11.8 Å². The second-order valence-corrected chi connectivity index (χ2v) is 4.59. The first-order chi connectivity index (χ1) is 8.44. The van der Waals surface area contributed by atoms with Crippen molar-refractivity contribution in [1.29, 1.82) is 0 Å². The first-order valence-corrected chi connectivity index (χ1v) is 6.07. The second-order valence-electron chi connectivity index (χ2n) is 4.59. The number of nitrogens with one attached hydrogen (secondary N) is 1. The number of aromatic nitrogens is 1. The van der Waals surface area contributed by atoms with Crippen molar-refractivity contribution < 1.29 is 15.0 Å². The molecule has 0 radical (unpaired) electrons. The van der Waals surface area contributed by atoms with Gasteiger partial charge in [-0.25, -0.2) is 9.78 Å². The Balaban J connectivity index is 3.08. The first kappa shape index (κ1) is 14.4. The molecule has 1 atom stereocenters. The lowest BCUT2D eigenvalue weighted by Gasteiger charge is -2.28. The fourth-order valence-electron chi connectivity index (χ4n) is 1.51. The lowest BCUT2D eigenvalue weighted by Crippen LogP contribution is -2.38. The average molecular weight is 252 g/mol. The quantitative estimate of drug-likeness (QED) is 0.720. The van der Waals surface area contributed by atoms with E-state index in [1.807, 2.05) is 20.8 Å². The van der Waals surface area contributed by atoms with E-state index in [4.69, 9.17) is 5.11 Å². The van der Waals surface area contributed by atoms with E-state index in [0.29, 0.717) is 24.4 Å². The van der Waals surface area contributed by atoms with Crippen molar-refractivity contribution in [3.63, 3.8) is 0 Å². The molecule has 5 heteroatoms. The van der Waals surface area contributed by atoms with E-state index in [1.54, 1.807) is 6.07 Å². The standard InChI is InChI=1S/C13H20N2O3/c1-4-10-6-9(12(17)18)7-11(14-10)15-13(3,5-2)8-16/h6-7,16H,4-5,8H2,1-3H3,(H,14,15)(H,17,18). The molecule has 0 spiro atoms. The average Bonchev–Trinajstić information content (AvgIpc) is 2.38. The Morgan fingerprint density at radius 1 is 1.44 bits per heavy atom. The number of carboxylic acids is 1. The van der Waals surface area contributed by atoms with Gasteiger partial charge in [-0.1, -0.05) is 13.8 Å². The molecule has 0 bridgehead atoms. The summed E-state index contributed by atoms with van der Waals surface area (Å²) in [7, 11) is 0. The molecule has 0 aliphatic heterocycles. The molecule has 0 aliphatic rings. The zero-order valence-corrected chi connectivity index (χ0v) is 11.0. The summed E-state index contributed by atoms with van der Waals surface area (Å²) in [5.74, 6) is -0.484. The monoisotopic (exact) mass is 252 g/mol. The number of anilines is 1. The largest absolute Gasteiger partial charge is 0.478 e. The van der Waals surface area contributed by atoms with Gasteiger partial charge in [0.25, 0.3) is 0 Å². The second kappa shape index (κ2) is 5.82. The van der Waals surface area contributed by atoms with Crippen LogP contribution in [0.5, 0.6) is 0 Å². The van der Waals surface area contributed by atoms with Crippen LogP contribution in [0.1, 0.15) is 43.2 Å². The molecule has 0 aliphatic carbocycles. The predicted molar refractivity (Wildman–Crippen MR) is 70.0 cm³/mol. The number of aromatic carboxylic acids is 1. The van der Waals surface area contributed by atoms with Gasteiger partial charge in [0.1, 0.15) is 5.82 Å². The van der Waals surface area contributed by atoms with Gasteiger partial charge in [0, 0.05) is 5.69 Å². The van der Waals surface area contributed by atoms with Gasteiger partial charge < -0.3 is 15.5 Å². The van der Waals surface area contributed by atoms with Gasteiger partial charge in [-0.2, -0.15) is 0 Å². The van der Waals surface area contributed by atoms with Gasteiger partial charge in [-0.3, -0.25) is 0 Å². The topological polar surface area (TPSA) is 82.5 Å². The fourth-order valence-corrected chi connectivity index (χ4v) is 1.51. The lowest BCUT2D eigenvalue weighted by atomic mass is 10.0. The zero-order chi connectivity index (χ0) is 13.8. The van der Waals surface area contributed by atoms with Gasteiger partial charge in [-0.15, -0.1) is 0 Å². The summed E-state index contributed by atoms with van der Waals surface area (Å²) in [4.78, 5) is 15.4. The van der Waals surface area contributed by atoms with Gasteiger partial charge >= 0.3 is 5.97 Å². The van der Waals surface area contributed by atoms with Crippen molar-refractivity contribution in [2.45, 2.75) is 39.2 Å². The number of nitrogens with zero attached hydrogens (tertiary/aromatic N) is 1. The molecule has 100 valence electrons. The van der Waals surface area contributed by atoms with Crippen molar-refractivity contribution in [3.05, 3.63) is 23.4 Å². The summed E-state index contributed by atoms with van der Waals surface area (Å²) in [6.45, 7) is 5.70. The maximum absolute atomic E-state index is 11.0. The van der Waals surface area contributed by atoms with Crippen LogP contribution in [0.4, 0.5) is 5.82 Å². The summed E-state index contributed by atoms with van der Waals surface area (Å²) in [6.07, 6.45) is 1.38. The smallest absolute Gasteiger partial charge is 0.335 e. The molecule has 5 nitrogen and oxygen atoms in total. The van der Waals surface area contributed by atoms with Crippen LogP contribution in [-0.4, -0.2) is 33.3 Å². The Morgan fingerprint density at radius 2 is 2.11 bits per heavy atom. The maximum Gasteiger partial charge on any atom is 0.335 e. The minimum Gasteiger partial charge on any atom is -0.478 e. The van der Waals surface area contributed by atoms with Gasteiger partial charge in [-0.05, 0) is 31.9 Å². The summed E-state index contributed by atoms with van der Waals surface area (Å²) in [5, 5.41) is 21.5. The SMILES string of the molecule is CCc1cc(C(=O)O)cc(NC(C)(CC)CO)n1. The number of pyridine rings is 1. The first-order valence-electron chi connectivity index (χ1n) is 6.07. The molecule has 0 aromatic carbocycles. The molecule has 1 aromatic heterocycles. The van der Waals surface area contributed by atoms with E-state index in [1.165, 1.54) is 6.07 Å². The highest BCUT2D eigenvalue weighted by Gasteiger charge is 2.21. The Kier molecular flexibility index (Phi) is 4.67. The predicted octanol–water partition coefficient (Wildman–Crippen LogP) is 1.92. The summed E-state index contributed by atoms with van der Waals surface area (Å²) in [6, 6.07) is 3.06. The highest BCUT2D eigenvalue weighted by atomic mass is 16.4. The maximum atomic E-state index is 11.0. The lowest BCUT2D eigenvalue weighted by molar-refractivity contribution is 0.0696. The number of aryl methyl sites for hydroxylation is 1. The van der Waals surface area contributed by atoms with Gasteiger partial charge in [0.05, 0.1) is 17.7 Å². The molecule has 18 heavy (non-hydrogen) atoms. The molecule has 1 rings (SSSR count). The Labute approximate surface area is 107 Å². The number of aliphatic hydroxyl groups excluding tert-OH is 1. The van der Waals surface area contributed by atoms with Crippen molar-refractivity contribution in [1.82, 2.24) is 4.98 Å². The molecule has 0 saturated heterocycles. The van der Waals surface area contributed by atoms with E-state index in [-0.39, 0.29) is 12.2 Å². The van der Waals surface area contributed by atoms with E-state index in [2.05, 4.69) is 10.3 Å². The third kappa shape index (κ3) is 3.43. The van der Waals surface area contributed by atoms with Crippen molar-refractivity contribution in [2.24, 2.45) is 0 Å². The van der Waals surface area contributed by atoms with Crippen LogP contribution in [0.15, 0.2) is 12.1 Å². The Morgan fingerprint density at radius 3 is 2.56 bits per heavy atom. The molecule has 1 heterocycles. The molecular formula is C13H20N2O3. The van der Waals surface area contributed by atoms with Crippen LogP contribution in [-0.2, 0) is 6.42 Å². The Hall–Kier alpha value is -1.62. The fraction of sp³-hybridized carbons (Fsp3) is 0.538. The number of hydrogen-bond acceptors (Lipinski definition) is 4. The molecule has 0 saturated carbocycles. The zero-order valence-electron chi connectivity index (χ0n) is 11.0. The van der Waals surface area contributed by atoms with Crippen LogP contribution in [0.25, 0.3) is 0 Å². The molecule has 0 amide bonds. The van der Waals surface area contributed by atoms with Crippen LogP contribution in [0.2, 0.25) is 0 Å². The highest BCUT2D eigenvalue weighted by molar-refractivity contribution is 5.88. The molecular weight excluding hydrogens is 232 g/mol. The van der Waals surface area contributed by atoms with E-state index < -0.39 is 11.5 Å². The van der Waals surface area contributed by atoms with E-state index in [0.717, 1.165) is 0 Å². The summed E-state index contributed by atoms with van der Waals surface area (Å²) in [5.41, 5.74) is 0.435. The molecule has 0 fully saturated rings. The normalized spacial score (nSPS) is 14.0. The van der Waals surface area contributed by atoms with Crippen LogP contribution in [0.3, 0.4) is 0 Å². The van der Waals surface area contributed by atoms with Crippen LogP contribution in [0, 0.1) is 0 Å². The number of carboxylic acid groups (broad SMARTS) is 1. The molecule has 1 aromatic rings. The van der Waals surface area contributed by atoms with Gasteiger partial charge in [0.15, 0.2) is 0 Å². The number of carbonyl (C=O) groups is 1. The molecule has 1 unspecified atom stereocenters. The summed E-state index contributed by atoms with van der Waals surface area (Å²) < 4.78 is 0. The highest BCUT2D eigenvalue weighted by Crippen LogP contribution is 2.18. The van der Waals surface area contributed by atoms with Crippen LogP contribution >= 0.6 is 0 Å². The van der Waals surface area contributed by atoms with E-state index >= 15 is 0 Å². The minimum atomic E-state index is -0.975. The third-order valence-corrected chi connectivity index (χ3v) is 3.05. The van der Waals surface area contributed by atoms with E-state index in [9.17, 15) is 9.90 Å². The van der Waals surface area contributed by atoms with Crippen LogP contribution < -0.4 is 5.32 Å². The summed E-state index contributed by atoms with van der Waals surface area (Å²) >= 11 is 0. The number of rotatable bonds is 6. The molecule has 3 N–H and O–H groups in total.